The Bertz CT molecular complexity index is 1000. The van der Waals surface area contributed by atoms with E-state index in [-0.39, 0.29) is 11.1 Å². The molecule has 2 atom stereocenters. The molecule has 0 fully saturated rings. The average molecular weight is 319 g/mol. The maximum Gasteiger partial charge on any atom is 0.201 e. The summed E-state index contributed by atoms with van der Waals surface area (Å²) in [6.45, 7) is 0. The minimum Gasteiger partial charge on any atom is -0.256 e. The van der Waals surface area contributed by atoms with Crippen LogP contribution in [0.25, 0.3) is 16.7 Å². The lowest BCUT2D eigenvalue weighted by atomic mass is 9.74. The fourth-order valence-corrected chi connectivity index (χ4v) is 2.82. The van der Waals surface area contributed by atoms with Crippen molar-refractivity contribution in [2.24, 2.45) is 5.92 Å². The molecule has 4 rings (SSSR count). The molecule has 1 N–H and O–H groups in total. The van der Waals surface area contributed by atoms with Crippen LogP contribution in [0.4, 0.5) is 4.39 Å². The highest BCUT2D eigenvalue weighted by Gasteiger charge is 2.46. The lowest BCUT2D eigenvalue weighted by Gasteiger charge is -2.32. The maximum atomic E-state index is 16.3. The van der Waals surface area contributed by atoms with Crippen molar-refractivity contribution < 1.29 is 4.39 Å². The summed E-state index contributed by atoms with van der Waals surface area (Å²) in [5, 5.41) is 19.6. The van der Waals surface area contributed by atoms with Crippen LogP contribution in [0.15, 0.2) is 49.1 Å². The summed E-state index contributed by atoms with van der Waals surface area (Å²) in [6.07, 6.45) is 9.06. The molecule has 0 aliphatic heterocycles. The molecule has 3 aromatic rings. The van der Waals surface area contributed by atoms with Crippen LogP contribution in [0.2, 0.25) is 0 Å². The fourth-order valence-electron chi connectivity index (χ4n) is 2.82. The summed E-state index contributed by atoms with van der Waals surface area (Å²) in [5.41, 5.74) is -0.272. The third-order valence-electron chi connectivity index (χ3n) is 3.99. The van der Waals surface area contributed by atoms with E-state index in [1.54, 1.807) is 24.3 Å². The smallest absolute Gasteiger partial charge is 0.201 e. The summed E-state index contributed by atoms with van der Waals surface area (Å²) >= 11 is 0. The van der Waals surface area contributed by atoms with Crippen LogP contribution in [0, 0.1) is 17.2 Å². The van der Waals surface area contributed by atoms with E-state index in [0.717, 1.165) is 0 Å². The number of nitrogens with zero attached hydrogens (tertiary/aromatic N) is 6. The number of fused-ring (bicyclic) bond motifs is 1. The largest absolute Gasteiger partial charge is 0.256 e. The molecule has 1 aliphatic carbocycles. The van der Waals surface area contributed by atoms with Gasteiger partial charge in [0.25, 0.3) is 0 Å². The summed E-state index contributed by atoms with van der Waals surface area (Å²) in [5.74, 6) is -1.01. The highest BCUT2D eigenvalue weighted by molar-refractivity contribution is 5.78. The van der Waals surface area contributed by atoms with E-state index in [4.69, 9.17) is 0 Å². The fraction of sp³-hybridized carbons (Fsp3) is 0.125. The molecule has 116 valence electrons. The minimum absolute atomic E-state index is 0.238. The van der Waals surface area contributed by atoms with E-state index in [1.165, 1.54) is 24.8 Å². The van der Waals surface area contributed by atoms with Crippen LogP contribution >= 0.6 is 0 Å². The number of aromatic nitrogens is 6. The third kappa shape index (κ3) is 1.99. The van der Waals surface area contributed by atoms with Gasteiger partial charge in [-0.1, -0.05) is 23.4 Å². The number of alkyl halides is 1. The molecule has 8 heteroatoms. The first-order valence-corrected chi connectivity index (χ1v) is 7.14. The molecule has 0 bridgehead atoms. The van der Waals surface area contributed by atoms with Crippen LogP contribution in [-0.4, -0.2) is 30.4 Å². The summed E-state index contributed by atoms with van der Waals surface area (Å²) in [4.78, 5) is 12.1. The van der Waals surface area contributed by atoms with E-state index in [9.17, 15) is 5.26 Å². The number of hydrogen-bond acceptors (Lipinski definition) is 6. The van der Waals surface area contributed by atoms with E-state index in [2.05, 4.69) is 30.4 Å². The molecular formula is C16H10FN7. The van der Waals surface area contributed by atoms with Gasteiger partial charge in [-0.05, 0) is 12.1 Å². The van der Waals surface area contributed by atoms with Gasteiger partial charge in [-0.15, -0.1) is 5.10 Å². The first-order valence-electron chi connectivity index (χ1n) is 7.14. The van der Waals surface area contributed by atoms with E-state index < -0.39 is 11.6 Å². The van der Waals surface area contributed by atoms with Crippen LogP contribution < -0.4 is 0 Å². The number of hydrogen-bond donors (Lipinski definition) is 1. The predicted molar refractivity (Wildman–Crippen MR) is 82.7 cm³/mol. The van der Waals surface area contributed by atoms with Gasteiger partial charge in [-0.2, -0.15) is 5.26 Å². The topological polar surface area (TPSA) is 104 Å². The Labute approximate surface area is 135 Å². The van der Waals surface area contributed by atoms with Gasteiger partial charge in [0.2, 0.25) is 5.65 Å². The molecule has 0 saturated heterocycles. The van der Waals surface area contributed by atoms with Gasteiger partial charge < -0.3 is 0 Å². The lowest BCUT2D eigenvalue weighted by Crippen LogP contribution is -2.32. The second-order valence-corrected chi connectivity index (χ2v) is 5.29. The van der Waals surface area contributed by atoms with E-state index >= 15 is 4.39 Å². The highest BCUT2D eigenvalue weighted by Crippen LogP contribution is 2.47. The quantitative estimate of drug-likeness (QED) is 0.775. The number of rotatable bonds is 2. The zero-order chi connectivity index (χ0) is 16.6. The Kier molecular flexibility index (Phi) is 3.13. The van der Waals surface area contributed by atoms with Gasteiger partial charge in [-0.3, -0.25) is 5.10 Å². The van der Waals surface area contributed by atoms with Crippen molar-refractivity contribution >= 4 is 16.7 Å². The Balaban J connectivity index is 1.94. The van der Waals surface area contributed by atoms with E-state index in [0.29, 0.717) is 16.9 Å². The lowest BCUT2D eigenvalue weighted by molar-refractivity contribution is 0.209. The molecule has 3 heterocycles. The van der Waals surface area contributed by atoms with Crippen LogP contribution in [0.3, 0.4) is 0 Å². The second kappa shape index (κ2) is 5.31. The van der Waals surface area contributed by atoms with Gasteiger partial charge >= 0.3 is 0 Å². The van der Waals surface area contributed by atoms with Crippen LogP contribution in [0.5, 0.6) is 0 Å². The van der Waals surface area contributed by atoms with Crippen LogP contribution in [-0.2, 0) is 5.67 Å². The second-order valence-electron chi connectivity index (χ2n) is 5.29. The average Bonchev–Trinajstić information content (AvgIpc) is 3.10. The zero-order valence-corrected chi connectivity index (χ0v) is 12.3. The number of aromatic amines is 1. The van der Waals surface area contributed by atoms with Crippen LogP contribution in [0.1, 0.15) is 11.3 Å². The first kappa shape index (κ1) is 14.1. The van der Waals surface area contributed by atoms with E-state index in [1.807, 2.05) is 6.07 Å². The van der Waals surface area contributed by atoms with Gasteiger partial charge in [0.15, 0.2) is 5.67 Å². The molecule has 24 heavy (non-hydrogen) atoms. The Morgan fingerprint density at radius 2 is 2.25 bits per heavy atom. The predicted octanol–water partition coefficient (Wildman–Crippen LogP) is 2.10. The van der Waals surface area contributed by atoms with Crippen molar-refractivity contribution in [1.82, 2.24) is 30.4 Å². The Morgan fingerprint density at radius 3 is 3.04 bits per heavy atom. The number of pyridine rings is 1. The number of nitriles is 1. The summed E-state index contributed by atoms with van der Waals surface area (Å²) in [6, 6.07) is 5.20. The molecule has 0 amide bonds. The molecule has 1 aliphatic rings. The van der Waals surface area contributed by atoms with Gasteiger partial charge in [0.1, 0.15) is 17.8 Å². The SMILES string of the molecule is N#CC1C=CC=C(c2ccncn2)C1(F)c1cnc2nn[nH]c2c1. The zero-order valence-electron chi connectivity index (χ0n) is 12.3. The molecule has 7 nitrogen and oxygen atoms in total. The molecular weight excluding hydrogens is 309 g/mol. The normalized spacial score (nSPS) is 23.0. The van der Waals surface area contributed by atoms with Gasteiger partial charge in [0.05, 0.1) is 11.8 Å². The van der Waals surface area contributed by atoms with Crippen molar-refractivity contribution in [3.8, 4) is 6.07 Å². The van der Waals surface area contributed by atoms with Crippen molar-refractivity contribution in [2.75, 3.05) is 0 Å². The van der Waals surface area contributed by atoms with Crippen molar-refractivity contribution in [3.63, 3.8) is 0 Å². The number of nitrogens with one attached hydrogen (secondary N) is 1. The minimum atomic E-state index is -2.09. The molecule has 0 radical (unpaired) electrons. The van der Waals surface area contributed by atoms with Crippen molar-refractivity contribution in [1.29, 1.82) is 5.26 Å². The number of allylic oxidation sites excluding steroid dienone is 4. The van der Waals surface area contributed by atoms with Crippen molar-refractivity contribution in [2.45, 2.75) is 5.67 Å². The Hall–Kier alpha value is -3.47. The molecule has 2 unspecified atom stereocenters. The monoisotopic (exact) mass is 319 g/mol. The highest BCUT2D eigenvalue weighted by atomic mass is 19.1. The Morgan fingerprint density at radius 1 is 1.33 bits per heavy atom. The van der Waals surface area contributed by atoms with Gasteiger partial charge in [-0.25, -0.2) is 19.3 Å². The van der Waals surface area contributed by atoms with Crippen molar-refractivity contribution in [3.05, 3.63) is 60.3 Å². The summed E-state index contributed by atoms with van der Waals surface area (Å²) < 4.78 is 16.3. The molecule has 0 spiro atoms. The summed E-state index contributed by atoms with van der Waals surface area (Å²) in [7, 11) is 0. The standard InChI is InChI=1S/C16H10FN7/c17-16(11-6-14-15(20-8-11)23-24-22-14)10(7-18)2-1-3-12(16)13-4-5-19-9-21-13/h1-6,8-10H,(H,20,22,23,24). The molecule has 0 saturated carbocycles. The molecule has 0 aromatic carbocycles. The van der Waals surface area contributed by atoms with Gasteiger partial charge in [0, 0.05) is 23.5 Å². The third-order valence-corrected chi connectivity index (χ3v) is 3.99. The number of halogens is 1. The molecule has 3 aromatic heterocycles. The maximum absolute atomic E-state index is 16.3. The first-order chi connectivity index (χ1) is 11.7. The number of H-pyrrole nitrogens is 1.